The van der Waals surface area contributed by atoms with Crippen LogP contribution in [0.4, 0.5) is 14.6 Å². The Bertz CT molecular complexity index is 1030. The van der Waals surface area contributed by atoms with Crippen LogP contribution < -0.4 is 15.4 Å². The van der Waals surface area contributed by atoms with E-state index in [9.17, 15) is 13.6 Å². The van der Waals surface area contributed by atoms with Crippen LogP contribution in [0, 0.1) is 11.6 Å². The van der Waals surface area contributed by atoms with E-state index in [0.29, 0.717) is 30.2 Å². The summed E-state index contributed by atoms with van der Waals surface area (Å²) in [6.45, 7) is 3.90. The summed E-state index contributed by atoms with van der Waals surface area (Å²) >= 11 is 0. The smallest absolute Gasteiger partial charge is 0.257 e. The van der Waals surface area contributed by atoms with Crippen molar-refractivity contribution in [2.24, 2.45) is 0 Å². The number of benzene rings is 1. The van der Waals surface area contributed by atoms with Gasteiger partial charge in [-0.3, -0.25) is 14.8 Å². The first-order chi connectivity index (χ1) is 14.5. The number of nitrogens with one attached hydrogen (secondary N) is 2. The summed E-state index contributed by atoms with van der Waals surface area (Å²) < 4.78 is 31.1. The zero-order chi connectivity index (χ0) is 21.3. The highest BCUT2D eigenvalue weighted by atomic mass is 19.2. The summed E-state index contributed by atoms with van der Waals surface area (Å²) in [6.07, 6.45) is 7.02. The molecule has 1 aromatic carbocycles. The summed E-state index contributed by atoms with van der Waals surface area (Å²) in [4.78, 5) is 24.5. The highest BCUT2D eigenvalue weighted by Crippen LogP contribution is 2.17. The van der Waals surface area contributed by atoms with Crippen molar-refractivity contribution in [2.45, 2.75) is 6.42 Å². The lowest BCUT2D eigenvalue weighted by atomic mass is 10.2. The number of hydrogen-bond acceptors (Lipinski definition) is 6. The number of carbonyl (C=O) groups is 1. The Morgan fingerprint density at radius 1 is 1.10 bits per heavy atom. The molecule has 0 aliphatic carbocycles. The minimum absolute atomic E-state index is 0.0715. The van der Waals surface area contributed by atoms with Crippen LogP contribution in [-0.2, 0) is 4.79 Å². The molecule has 0 aliphatic rings. The largest absolute Gasteiger partial charge is 0.484 e. The number of pyridine rings is 1. The van der Waals surface area contributed by atoms with Crippen molar-refractivity contribution in [1.29, 1.82) is 0 Å². The third-order valence-electron chi connectivity index (χ3n) is 3.91. The molecule has 7 nitrogen and oxygen atoms in total. The van der Waals surface area contributed by atoms with E-state index in [1.807, 2.05) is 12.1 Å². The maximum Gasteiger partial charge on any atom is 0.257 e. The third kappa shape index (κ3) is 6.06. The molecular formula is C21H19F2N5O2. The highest BCUT2D eigenvalue weighted by Gasteiger charge is 2.07. The normalized spacial score (nSPS) is 10.3. The first-order valence-corrected chi connectivity index (χ1v) is 9.03. The molecule has 0 unspecified atom stereocenters. The van der Waals surface area contributed by atoms with E-state index in [2.05, 4.69) is 32.2 Å². The predicted octanol–water partition coefficient (Wildman–Crippen LogP) is 3.33. The maximum atomic E-state index is 13.1. The molecular weight excluding hydrogens is 392 g/mol. The van der Waals surface area contributed by atoms with E-state index in [4.69, 9.17) is 4.74 Å². The van der Waals surface area contributed by atoms with Crippen LogP contribution in [0.15, 0.2) is 67.4 Å². The molecule has 0 fully saturated rings. The van der Waals surface area contributed by atoms with Gasteiger partial charge < -0.3 is 15.4 Å². The average molecular weight is 411 g/mol. The number of carbonyl (C=O) groups excluding carboxylic acids is 1. The van der Waals surface area contributed by atoms with Gasteiger partial charge >= 0.3 is 0 Å². The lowest BCUT2D eigenvalue weighted by Crippen LogP contribution is -2.30. The number of ether oxygens (including phenoxy) is 1. The van der Waals surface area contributed by atoms with Gasteiger partial charge in [-0.15, -0.1) is 0 Å². The lowest BCUT2D eigenvalue weighted by Gasteiger charge is -2.11. The minimum Gasteiger partial charge on any atom is -0.484 e. The van der Waals surface area contributed by atoms with Gasteiger partial charge in [0.2, 0.25) is 0 Å². The zero-order valence-corrected chi connectivity index (χ0v) is 15.9. The van der Waals surface area contributed by atoms with Crippen molar-refractivity contribution >= 4 is 11.7 Å². The van der Waals surface area contributed by atoms with Gasteiger partial charge in [0, 0.05) is 42.7 Å². The molecule has 3 aromatic rings. The van der Waals surface area contributed by atoms with Crippen LogP contribution in [-0.4, -0.2) is 34.0 Å². The molecule has 30 heavy (non-hydrogen) atoms. The van der Waals surface area contributed by atoms with Crippen molar-refractivity contribution in [3.05, 3.63) is 79.0 Å². The van der Waals surface area contributed by atoms with Crippen molar-refractivity contribution in [3.8, 4) is 17.0 Å². The molecule has 2 aromatic heterocycles. The Labute approximate surface area is 171 Å². The SMILES string of the molecule is C=C(CCNC(=O)COc1ccc(F)c(F)c1)Nc1cncc(-c2cccnc2)n1. The van der Waals surface area contributed by atoms with Crippen LogP contribution >= 0.6 is 0 Å². The molecule has 0 spiro atoms. The van der Waals surface area contributed by atoms with Crippen molar-refractivity contribution < 1.29 is 18.3 Å². The van der Waals surface area contributed by atoms with Gasteiger partial charge in [0.05, 0.1) is 18.1 Å². The van der Waals surface area contributed by atoms with Crippen LogP contribution in [0.25, 0.3) is 11.3 Å². The first-order valence-electron chi connectivity index (χ1n) is 9.03. The molecule has 9 heteroatoms. The Morgan fingerprint density at radius 2 is 1.97 bits per heavy atom. The number of amides is 1. The molecule has 154 valence electrons. The van der Waals surface area contributed by atoms with Crippen molar-refractivity contribution in [3.63, 3.8) is 0 Å². The molecule has 1 amide bonds. The summed E-state index contributed by atoms with van der Waals surface area (Å²) in [6, 6.07) is 6.76. The topological polar surface area (TPSA) is 89.0 Å². The summed E-state index contributed by atoms with van der Waals surface area (Å²) in [7, 11) is 0. The maximum absolute atomic E-state index is 13.1. The van der Waals surface area contributed by atoms with Gasteiger partial charge in [-0.25, -0.2) is 13.8 Å². The number of anilines is 1. The minimum atomic E-state index is -1.04. The van der Waals surface area contributed by atoms with E-state index in [1.54, 1.807) is 24.8 Å². The Morgan fingerprint density at radius 3 is 2.73 bits per heavy atom. The zero-order valence-electron chi connectivity index (χ0n) is 15.9. The van der Waals surface area contributed by atoms with Gasteiger partial charge in [-0.05, 0) is 24.3 Å². The second-order valence-corrected chi connectivity index (χ2v) is 6.22. The number of aromatic nitrogens is 3. The summed E-state index contributed by atoms with van der Waals surface area (Å²) in [5.41, 5.74) is 2.14. The fourth-order valence-electron chi connectivity index (χ4n) is 2.44. The quantitative estimate of drug-likeness (QED) is 0.562. The molecule has 2 heterocycles. The molecule has 0 saturated carbocycles. The van der Waals surface area contributed by atoms with E-state index in [0.717, 1.165) is 17.7 Å². The van der Waals surface area contributed by atoms with Crippen LogP contribution in [0.2, 0.25) is 0 Å². The second kappa shape index (κ2) is 10.1. The third-order valence-corrected chi connectivity index (χ3v) is 3.91. The van der Waals surface area contributed by atoms with E-state index < -0.39 is 17.5 Å². The molecule has 2 N–H and O–H groups in total. The molecule has 0 saturated heterocycles. The standard InChI is InChI=1S/C21H19F2N5O2/c1-14(27-20-12-25-11-19(28-20)15-3-2-7-24-10-15)6-8-26-21(29)13-30-16-4-5-17(22)18(23)9-16/h2-5,7,9-12H,1,6,8,13H2,(H,26,29)(H,27,28). The second-order valence-electron chi connectivity index (χ2n) is 6.22. The van der Waals surface area contributed by atoms with Crippen molar-refractivity contribution in [2.75, 3.05) is 18.5 Å². The number of nitrogens with zero attached hydrogens (tertiary/aromatic N) is 3. The van der Waals surface area contributed by atoms with Crippen LogP contribution in [0.1, 0.15) is 6.42 Å². The van der Waals surface area contributed by atoms with Gasteiger partial charge in [-0.1, -0.05) is 6.58 Å². The van der Waals surface area contributed by atoms with Crippen LogP contribution in [0.3, 0.4) is 0 Å². The molecule has 0 radical (unpaired) electrons. The van der Waals surface area contributed by atoms with Crippen LogP contribution in [0.5, 0.6) is 5.75 Å². The summed E-state index contributed by atoms with van der Waals surface area (Å²) in [5.74, 6) is -1.82. The van der Waals surface area contributed by atoms with Gasteiger partial charge in [0.15, 0.2) is 18.2 Å². The van der Waals surface area contributed by atoms with Gasteiger partial charge in [-0.2, -0.15) is 0 Å². The van der Waals surface area contributed by atoms with Gasteiger partial charge in [0.1, 0.15) is 11.6 Å². The molecule has 0 aliphatic heterocycles. The van der Waals surface area contributed by atoms with E-state index >= 15 is 0 Å². The fraction of sp³-hybridized carbons (Fsp3) is 0.143. The van der Waals surface area contributed by atoms with E-state index in [1.165, 1.54) is 6.07 Å². The first kappa shape index (κ1) is 20.8. The lowest BCUT2D eigenvalue weighted by molar-refractivity contribution is -0.123. The predicted molar refractivity (Wildman–Crippen MR) is 108 cm³/mol. The fourth-order valence-corrected chi connectivity index (χ4v) is 2.44. The average Bonchev–Trinajstić information content (AvgIpc) is 2.75. The Balaban J connectivity index is 1.41. The van der Waals surface area contributed by atoms with Gasteiger partial charge in [0.25, 0.3) is 5.91 Å². The number of halogens is 2. The molecule has 0 atom stereocenters. The van der Waals surface area contributed by atoms with Crippen molar-refractivity contribution in [1.82, 2.24) is 20.3 Å². The number of hydrogen-bond donors (Lipinski definition) is 2. The Hall–Kier alpha value is -3.88. The summed E-state index contributed by atoms with van der Waals surface area (Å²) in [5, 5.41) is 5.70. The number of rotatable bonds is 9. The molecule has 0 bridgehead atoms. The highest BCUT2D eigenvalue weighted by molar-refractivity contribution is 5.77. The monoisotopic (exact) mass is 411 g/mol. The Kier molecular flexibility index (Phi) is 6.99. The van der Waals surface area contributed by atoms with E-state index in [-0.39, 0.29) is 12.4 Å². The molecule has 3 rings (SSSR count).